The first-order valence-electron chi connectivity index (χ1n) is 12.9. The van der Waals surface area contributed by atoms with Crippen molar-refractivity contribution in [3.8, 4) is 34.3 Å². The molecule has 10 atom stereocenters. The van der Waals surface area contributed by atoms with Crippen LogP contribution in [0, 0.1) is 0 Å². The number of aliphatic hydroxyl groups excluding tert-OH is 6. The minimum atomic E-state index is -1.70. The van der Waals surface area contributed by atoms with E-state index in [1.54, 1.807) is 0 Å². The second-order valence-corrected chi connectivity index (χ2v) is 10.1. The number of ether oxygens (including phenoxy) is 4. The maximum Gasteiger partial charge on any atom is 0.229 e. The number of phenolic OH excluding ortho intramolecular Hbond substituents is 3. The molecule has 0 saturated carbocycles. The number of phenols is 3. The average Bonchev–Trinajstić information content (AvgIpc) is 3.22. The Morgan fingerprint density at radius 1 is 0.810 bits per heavy atom. The molecule has 3 heterocycles. The summed E-state index contributed by atoms with van der Waals surface area (Å²) in [6.45, 7) is 0.748. The highest BCUT2D eigenvalue weighted by atomic mass is 16.7. The molecule has 0 radical (unpaired) electrons. The molecule has 2 aromatic carbocycles. The van der Waals surface area contributed by atoms with Crippen LogP contribution >= 0.6 is 0 Å². The summed E-state index contributed by atoms with van der Waals surface area (Å²) in [5.41, 5.74) is -0.484. The zero-order valence-corrected chi connectivity index (χ0v) is 21.9. The van der Waals surface area contributed by atoms with Crippen molar-refractivity contribution in [3.63, 3.8) is 0 Å². The average molecular weight is 595 g/mol. The van der Waals surface area contributed by atoms with Gasteiger partial charge in [-0.3, -0.25) is 4.79 Å². The monoisotopic (exact) mass is 594 g/mol. The van der Waals surface area contributed by atoms with E-state index >= 15 is 0 Å². The summed E-state index contributed by atoms with van der Waals surface area (Å²) in [6, 6.07) is 7.19. The lowest BCUT2D eigenvalue weighted by atomic mass is 9.99. The van der Waals surface area contributed by atoms with Gasteiger partial charge >= 0.3 is 0 Å². The Labute approximate surface area is 236 Å². The van der Waals surface area contributed by atoms with E-state index < -0.39 is 84.9 Å². The van der Waals surface area contributed by atoms with Crippen molar-refractivity contribution >= 4 is 11.0 Å². The molecule has 2 saturated heterocycles. The van der Waals surface area contributed by atoms with E-state index in [-0.39, 0.29) is 33.8 Å². The van der Waals surface area contributed by atoms with Gasteiger partial charge in [0.1, 0.15) is 71.0 Å². The first-order valence-corrected chi connectivity index (χ1v) is 12.9. The molecule has 0 aliphatic carbocycles. The van der Waals surface area contributed by atoms with E-state index in [1.807, 2.05) is 0 Å². The van der Waals surface area contributed by atoms with Crippen LogP contribution in [0.4, 0.5) is 0 Å². The van der Waals surface area contributed by atoms with Gasteiger partial charge in [0, 0.05) is 23.8 Å². The highest BCUT2D eigenvalue weighted by Crippen LogP contribution is 2.36. The normalized spacial score (nSPS) is 32.2. The second-order valence-electron chi connectivity index (χ2n) is 10.1. The molecule has 0 unspecified atom stereocenters. The van der Waals surface area contributed by atoms with E-state index in [0.717, 1.165) is 12.1 Å². The Morgan fingerprint density at radius 2 is 1.52 bits per heavy atom. The van der Waals surface area contributed by atoms with Gasteiger partial charge in [-0.25, -0.2) is 0 Å². The van der Waals surface area contributed by atoms with Crippen molar-refractivity contribution in [1.82, 2.24) is 0 Å². The van der Waals surface area contributed by atoms with Crippen molar-refractivity contribution in [2.75, 3.05) is 6.61 Å². The summed E-state index contributed by atoms with van der Waals surface area (Å²) in [4.78, 5) is 12.7. The zero-order chi connectivity index (χ0) is 30.5. The summed E-state index contributed by atoms with van der Waals surface area (Å²) >= 11 is 0. The molecule has 1 aromatic heterocycles. The van der Waals surface area contributed by atoms with Crippen LogP contribution in [0.2, 0.25) is 0 Å². The van der Waals surface area contributed by atoms with E-state index in [0.29, 0.717) is 0 Å². The fraction of sp³-hybridized carbons (Fsp3) is 0.444. The van der Waals surface area contributed by atoms with Gasteiger partial charge in [0.05, 0.1) is 12.7 Å². The van der Waals surface area contributed by atoms with Gasteiger partial charge in [0.15, 0.2) is 23.2 Å². The van der Waals surface area contributed by atoms with Crippen LogP contribution in [0.1, 0.15) is 6.92 Å². The number of aromatic hydroxyl groups is 3. The van der Waals surface area contributed by atoms with Gasteiger partial charge < -0.3 is 69.3 Å². The summed E-state index contributed by atoms with van der Waals surface area (Å²) in [7, 11) is 0. The molecule has 15 heteroatoms. The molecule has 2 aliphatic heterocycles. The fourth-order valence-electron chi connectivity index (χ4n) is 4.89. The Bertz CT molecular complexity index is 1490. The summed E-state index contributed by atoms with van der Waals surface area (Å²) in [5, 5.41) is 90.4. The third-order valence-electron chi connectivity index (χ3n) is 7.21. The van der Waals surface area contributed by atoms with E-state index in [1.165, 1.54) is 31.2 Å². The molecule has 5 rings (SSSR count). The Morgan fingerprint density at radius 3 is 2.21 bits per heavy atom. The predicted molar refractivity (Wildman–Crippen MR) is 139 cm³/mol. The van der Waals surface area contributed by atoms with Crippen molar-refractivity contribution in [2.45, 2.75) is 68.3 Å². The molecule has 0 amide bonds. The SMILES string of the molecule is C[C@H](O[C@@H]1O[C@H](CO)[C@@H](O)[C@H](O)[C@H]1O)[C@H]1O[C@@H](Oc2cc(O)c3c(=O)cc(-c4ccc(O)c(O)c4)oc3c2)[C@H](O)[C@@H]1O. The molecule has 2 fully saturated rings. The molecule has 42 heavy (non-hydrogen) atoms. The molecular weight excluding hydrogens is 564 g/mol. The summed E-state index contributed by atoms with van der Waals surface area (Å²) < 4.78 is 27.9. The van der Waals surface area contributed by atoms with E-state index in [9.17, 15) is 50.8 Å². The zero-order valence-electron chi connectivity index (χ0n) is 21.9. The summed E-state index contributed by atoms with van der Waals surface area (Å²) in [5.74, 6) is -1.45. The minimum absolute atomic E-state index is 0.00570. The lowest BCUT2D eigenvalue weighted by molar-refractivity contribution is -0.318. The van der Waals surface area contributed by atoms with Crippen LogP contribution in [0.3, 0.4) is 0 Å². The highest BCUT2D eigenvalue weighted by molar-refractivity contribution is 5.86. The van der Waals surface area contributed by atoms with Crippen LogP contribution < -0.4 is 10.2 Å². The van der Waals surface area contributed by atoms with E-state index in [4.69, 9.17) is 23.4 Å². The quantitative estimate of drug-likeness (QED) is 0.143. The van der Waals surface area contributed by atoms with Gasteiger partial charge in [0.25, 0.3) is 0 Å². The Hall–Kier alpha value is -3.51. The lowest BCUT2D eigenvalue weighted by Crippen LogP contribution is -2.60. The van der Waals surface area contributed by atoms with Crippen molar-refractivity contribution in [2.24, 2.45) is 0 Å². The van der Waals surface area contributed by atoms with Crippen LogP contribution in [0.25, 0.3) is 22.3 Å². The smallest absolute Gasteiger partial charge is 0.229 e. The third-order valence-corrected chi connectivity index (χ3v) is 7.21. The van der Waals surface area contributed by atoms with Gasteiger partial charge in [-0.05, 0) is 25.1 Å². The van der Waals surface area contributed by atoms with Gasteiger partial charge in [-0.2, -0.15) is 0 Å². The molecule has 228 valence electrons. The first-order chi connectivity index (χ1) is 19.9. The number of hydrogen-bond acceptors (Lipinski definition) is 15. The molecular formula is C27H30O15. The molecule has 9 N–H and O–H groups in total. The molecule has 0 spiro atoms. The maximum absolute atomic E-state index is 12.7. The Balaban J connectivity index is 1.34. The first kappa shape index (κ1) is 30.0. The topological polar surface area (TPSA) is 249 Å². The Kier molecular flexibility index (Phi) is 8.30. The van der Waals surface area contributed by atoms with Gasteiger partial charge in [0.2, 0.25) is 6.29 Å². The number of rotatable bonds is 7. The lowest BCUT2D eigenvalue weighted by Gasteiger charge is -2.41. The fourth-order valence-corrected chi connectivity index (χ4v) is 4.89. The molecule has 3 aromatic rings. The molecule has 0 bridgehead atoms. The van der Waals surface area contributed by atoms with Crippen molar-refractivity contribution < 1.29 is 69.3 Å². The highest BCUT2D eigenvalue weighted by Gasteiger charge is 2.50. The third kappa shape index (κ3) is 5.49. The second kappa shape index (κ2) is 11.6. The number of benzene rings is 2. The van der Waals surface area contributed by atoms with Crippen LogP contribution in [0.5, 0.6) is 23.0 Å². The minimum Gasteiger partial charge on any atom is -0.507 e. The number of fused-ring (bicyclic) bond motifs is 1. The summed E-state index contributed by atoms with van der Waals surface area (Å²) in [6.07, 6.45) is -14.8. The van der Waals surface area contributed by atoms with Gasteiger partial charge in [-0.15, -0.1) is 0 Å². The van der Waals surface area contributed by atoms with Crippen molar-refractivity contribution in [3.05, 3.63) is 46.6 Å². The standard InChI is InChI=1S/C27H30O15/c1-9(38-26-23(36)21(34)20(33)18(8-28)41-26)25-22(35)24(37)27(42-25)39-11-5-14(31)19-15(32)7-16(40-17(19)6-11)10-2-3-12(29)13(30)4-10/h2-7,9,18,20-31,33-37H,8H2,1H3/t9-,18+,20+,21-,22-,23+,24+,25+,26+,27+/m0/s1. The van der Waals surface area contributed by atoms with Crippen LogP contribution in [-0.2, 0) is 14.2 Å². The predicted octanol–water partition coefficient (Wildman–Crippen LogP) is -1.39. The van der Waals surface area contributed by atoms with E-state index in [2.05, 4.69) is 0 Å². The molecule has 15 nitrogen and oxygen atoms in total. The maximum atomic E-state index is 12.7. The van der Waals surface area contributed by atoms with Crippen LogP contribution in [-0.4, -0.2) is 114 Å². The largest absolute Gasteiger partial charge is 0.507 e. The van der Waals surface area contributed by atoms with Crippen LogP contribution in [0.15, 0.2) is 45.6 Å². The van der Waals surface area contributed by atoms with Crippen molar-refractivity contribution in [1.29, 1.82) is 0 Å². The molecule has 2 aliphatic rings. The van der Waals surface area contributed by atoms with Gasteiger partial charge in [-0.1, -0.05) is 0 Å². The number of hydrogen-bond donors (Lipinski definition) is 9. The number of aliphatic hydroxyl groups is 6.